The van der Waals surface area contributed by atoms with Gasteiger partial charge in [0, 0.05) is 36.1 Å². The highest BCUT2D eigenvalue weighted by Crippen LogP contribution is 2.14. The van der Waals surface area contributed by atoms with Gasteiger partial charge in [-0.25, -0.2) is 22.6 Å². The quantitative estimate of drug-likeness (QED) is 0.485. The Morgan fingerprint density at radius 1 is 1.14 bits per heavy atom. The van der Waals surface area contributed by atoms with Gasteiger partial charge in [0.1, 0.15) is 0 Å². The van der Waals surface area contributed by atoms with E-state index in [0.717, 1.165) is 11.3 Å². The minimum absolute atomic E-state index is 0.0715. The van der Waals surface area contributed by atoms with Crippen molar-refractivity contribution >= 4 is 21.6 Å². The number of nitrogens with one attached hydrogen (secondary N) is 3. The van der Waals surface area contributed by atoms with Gasteiger partial charge in [0.05, 0.1) is 11.3 Å². The first kappa shape index (κ1) is 20.7. The fraction of sp³-hybridized carbons (Fsp3) is 0.316. The number of amides is 1. The van der Waals surface area contributed by atoms with Gasteiger partial charge in [-0.3, -0.25) is 14.7 Å². The van der Waals surface area contributed by atoms with Gasteiger partial charge in [-0.05, 0) is 32.9 Å². The minimum Gasteiger partial charge on any atom is -0.354 e. The first-order chi connectivity index (χ1) is 13.7. The van der Waals surface area contributed by atoms with Gasteiger partial charge in [0.2, 0.25) is 15.9 Å². The van der Waals surface area contributed by atoms with Crippen LogP contribution >= 0.6 is 0 Å². The summed E-state index contributed by atoms with van der Waals surface area (Å²) in [7, 11) is -3.62. The molecule has 0 bridgehead atoms. The van der Waals surface area contributed by atoms with E-state index in [9.17, 15) is 18.0 Å². The second kappa shape index (κ2) is 8.18. The van der Waals surface area contributed by atoms with Crippen LogP contribution in [0.3, 0.4) is 0 Å². The molecule has 0 spiro atoms. The molecule has 10 heteroatoms. The van der Waals surface area contributed by atoms with Gasteiger partial charge >= 0.3 is 0 Å². The summed E-state index contributed by atoms with van der Waals surface area (Å²) in [5, 5.41) is 5.34. The standard InChI is InChI=1S/C19H23N5O4S/c1-12-4-6-15(7-5-12)29(27,28)21-9-8-20-18(25)10-16-13(2)22-17-11-19(26)23-24(17)14(16)3/h4-7,11,21H,8-10H2,1-3H3,(H,20,25)(H,23,26). The molecule has 1 aromatic carbocycles. The molecule has 2 heterocycles. The first-order valence-electron chi connectivity index (χ1n) is 9.08. The molecule has 0 fully saturated rings. The molecule has 0 aliphatic heterocycles. The molecule has 0 saturated carbocycles. The maximum absolute atomic E-state index is 12.3. The van der Waals surface area contributed by atoms with Gasteiger partial charge in [0.15, 0.2) is 5.65 Å². The molecule has 0 radical (unpaired) electrons. The SMILES string of the molecule is Cc1ccc(S(=O)(=O)NCCNC(=O)Cc2c(C)nc3cc(=O)[nH]n3c2C)cc1. The zero-order chi connectivity index (χ0) is 21.2. The van der Waals surface area contributed by atoms with Crippen LogP contribution in [0.4, 0.5) is 0 Å². The van der Waals surface area contributed by atoms with E-state index in [0.29, 0.717) is 16.9 Å². The summed E-state index contributed by atoms with van der Waals surface area (Å²) in [5.74, 6) is -0.263. The van der Waals surface area contributed by atoms with E-state index >= 15 is 0 Å². The van der Waals surface area contributed by atoms with Crippen LogP contribution in [-0.2, 0) is 21.2 Å². The molecule has 3 N–H and O–H groups in total. The number of aromatic amines is 1. The maximum Gasteiger partial charge on any atom is 0.266 e. The summed E-state index contributed by atoms with van der Waals surface area (Å²) in [6, 6.07) is 7.92. The fourth-order valence-corrected chi connectivity index (χ4v) is 4.05. The van der Waals surface area contributed by atoms with Crippen LogP contribution in [0.15, 0.2) is 40.0 Å². The van der Waals surface area contributed by atoms with Gasteiger partial charge in [0.25, 0.3) is 5.56 Å². The summed E-state index contributed by atoms with van der Waals surface area (Å²) >= 11 is 0. The van der Waals surface area contributed by atoms with E-state index < -0.39 is 10.0 Å². The van der Waals surface area contributed by atoms with Crippen LogP contribution < -0.4 is 15.6 Å². The monoisotopic (exact) mass is 417 g/mol. The number of aromatic nitrogens is 3. The van der Waals surface area contributed by atoms with Crippen molar-refractivity contribution in [3.63, 3.8) is 0 Å². The summed E-state index contributed by atoms with van der Waals surface area (Å²) in [6.07, 6.45) is 0.0749. The van der Waals surface area contributed by atoms with Crippen LogP contribution in [-0.4, -0.2) is 42.0 Å². The summed E-state index contributed by atoms with van der Waals surface area (Å²) in [4.78, 5) is 28.3. The van der Waals surface area contributed by atoms with E-state index in [4.69, 9.17) is 0 Å². The normalized spacial score (nSPS) is 11.7. The fourth-order valence-electron chi connectivity index (χ4n) is 3.02. The Morgan fingerprint density at radius 3 is 2.52 bits per heavy atom. The van der Waals surface area contributed by atoms with Crippen LogP contribution in [0.5, 0.6) is 0 Å². The third-order valence-electron chi connectivity index (χ3n) is 4.61. The highest BCUT2D eigenvalue weighted by atomic mass is 32.2. The number of rotatable bonds is 7. The third-order valence-corrected chi connectivity index (χ3v) is 6.09. The smallest absolute Gasteiger partial charge is 0.266 e. The van der Waals surface area contributed by atoms with Crippen molar-refractivity contribution in [2.45, 2.75) is 32.1 Å². The van der Waals surface area contributed by atoms with Crippen molar-refractivity contribution < 1.29 is 13.2 Å². The van der Waals surface area contributed by atoms with Gasteiger partial charge < -0.3 is 5.32 Å². The minimum atomic E-state index is -3.62. The lowest BCUT2D eigenvalue weighted by Crippen LogP contribution is -2.35. The first-order valence-corrected chi connectivity index (χ1v) is 10.6. The van der Waals surface area contributed by atoms with Crippen LogP contribution in [0.2, 0.25) is 0 Å². The average molecular weight is 417 g/mol. The zero-order valence-electron chi connectivity index (χ0n) is 16.4. The second-order valence-corrected chi connectivity index (χ2v) is 8.58. The average Bonchev–Trinajstić information content (AvgIpc) is 3.03. The Morgan fingerprint density at radius 2 is 1.83 bits per heavy atom. The molecule has 0 aliphatic carbocycles. The number of sulfonamides is 1. The molecule has 2 aromatic heterocycles. The number of carbonyl (C=O) groups is 1. The van der Waals surface area contributed by atoms with Gasteiger partial charge in [-0.1, -0.05) is 17.7 Å². The molecule has 0 unspecified atom stereocenters. The maximum atomic E-state index is 12.3. The predicted molar refractivity (Wildman–Crippen MR) is 108 cm³/mol. The van der Waals surface area contributed by atoms with E-state index in [1.54, 1.807) is 30.5 Å². The molecule has 154 valence electrons. The molecule has 0 atom stereocenters. The van der Waals surface area contributed by atoms with Crippen LogP contribution in [0.25, 0.3) is 5.65 Å². The van der Waals surface area contributed by atoms with Crippen LogP contribution in [0.1, 0.15) is 22.5 Å². The molecule has 0 aliphatic rings. The third kappa shape index (κ3) is 4.72. The highest BCUT2D eigenvalue weighted by Gasteiger charge is 2.15. The van der Waals surface area contributed by atoms with Crippen LogP contribution in [0, 0.1) is 20.8 Å². The predicted octanol–water partition coefficient (Wildman–Crippen LogP) is 0.585. The molecule has 0 saturated heterocycles. The lowest BCUT2D eigenvalue weighted by molar-refractivity contribution is -0.120. The second-order valence-electron chi connectivity index (χ2n) is 6.81. The van der Waals surface area contributed by atoms with E-state index in [1.165, 1.54) is 18.2 Å². The number of fused-ring (bicyclic) bond motifs is 1. The Balaban J connectivity index is 1.57. The molecule has 29 heavy (non-hydrogen) atoms. The Labute approximate surface area is 168 Å². The summed E-state index contributed by atoms with van der Waals surface area (Å²) in [6.45, 7) is 5.68. The molecular weight excluding hydrogens is 394 g/mol. The number of hydrogen-bond acceptors (Lipinski definition) is 5. The molecule has 3 aromatic rings. The molecular formula is C19H23N5O4S. The summed E-state index contributed by atoms with van der Waals surface area (Å²) < 4.78 is 28.5. The topological polar surface area (TPSA) is 125 Å². The molecule has 3 rings (SSSR count). The largest absolute Gasteiger partial charge is 0.354 e. The van der Waals surface area contributed by atoms with Crippen molar-refractivity contribution in [3.05, 3.63) is 63.2 Å². The lowest BCUT2D eigenvalue weighted by Gasteiger charge is -2.12. The van der Waals surface area contributed by atoms with Gasteiger partial charge in [-0.2, -0.15) is 0 Å². The Kier molecular flexibility index (Phi) is 5.85. The number of benzene rings is 1. The Hall–Kier alpha value is -2.98. The number of H-pyrrole nitrogens is 1. The van der Waals surface area contributed by atoms with Crippen molar-refractivity contribution in [1.29, 1.82) is 0 Å². The number of nitrogens with zero attached hydrogens (tertiary/aromatic N) is 2. The lowest BCUT2D eigenvalue weighted by atomic mass is 10.1. The zero-order valence-corrected chi connectivity index (χ0v) is 17.3. The van der Waals surface area contributed by atoms with E-state index in [-0.39, 0.29) is 35.9 Å². The molecule has 1 amide bonds. The number of hydrogen-bond donors (Lipinski definition) is 3. The van der Waals surface area contributed by atoms with Gasteiger partial charge in [-0.15, -0.1) is 0 Å². The summed E-state index contributed by atoms with van der Waals surface area (Å²) in [5.41, 5.74) is 3.31. The van der Waals surface area contributed by atoms with Crippen molar-refractivity contribution in [1.82, 2.24) is 24.6 Å². The van der Waals surface area contributed by atoms with Crippen molar-refractivity contribution in [2.24, 2.45) is 0 Å². The molecule has 9 nitrogen and oxygen atoms in total. The van der Waals surface area contributed by atoms with E-state index in [2.05, 4.69) is 20.1 Å². The number of aryl methyl sites for hydroxylation is 3. The van der Waals surface area contributed by atoms with Crippen molar-refractivity contribution in [3.8, 4) is 0 Å². The van der Waals surface area contributed by atoms with E-state index in [1.807, 2.05) is 6.92 Å². The highest BCUT2D eigenvalue weighted by molar-refractivity contribution is 7.89. The number of carbonyl (C=O) groups excluding carboxylic acids is 1. The van der Waals surface area contributed by atoms with Crippen molar-refractivity contribution in [2.75, 3.05) is 13.1 Å². The Bertz CT molecular complexity index is 1210.